The van der Waals surface area contributed by atoms with Crippen LogP contribution in [0.3, 0.4) is 0 Å². The molecule has 1 aromatic heterocycles. The van der Waals surface area contributed by atoms with Crippen molar-refractivity contribution in [2.45, 2.75) is 37.0 Å². The molecule has 0 amide bonds. The Morgan fingerprint density at radius 3 is 1.76 bits per heavy atom. The molecule has 0 fully saturated rings. The van der Waals surface area contributed by atoms with Crippen molar-refractivity contribution < 1.29 is 54.1 Å². The number of hydrogen-bond acceptors (Lipinski definition) is 6. The van der Waals surface area contributed by atoms with Crippen LogP contribution < -0.4 is 14.8 Å². The van der Waals surface area contributed by atoms with Gasteiger partial charge in [-0.3, -0.25) is 4.68 Å². The maximum Gasteiger partial charge on any atom is 0.573 e. The number of alkyl halides is 9. The van der Waals surface area contributed by atoms with E-state index >= 15 is 0 Å². The second-order valence-corrected chi connectivity index (χ2v) is 7.97. The van der Waals surface area contributed by atoms with Gasteiger partial charge in [-0.1, -0.05) is 24.3 Å². The minimum atomic E-state index is -5.12. The first-order valence-corrected chi connectivity index (χ1v) is 10.5. The highest BCUT2D eigenvalue weighted by Crippen LogP contribution is 2.38. The lowest BCUT2D eigenvalue weighted by Gasteiger charge is -2.37. The van der Waals surface area contributed by atoms with Crippen LogP contribution in [-0.2, 0) is 19.0 Å². The first-order chi connectivity index (χ1) is 17.5. The maximum absolute atomic E-state index is 13.2. The van der Waals surface area contributed by atoms with Gasteiger partial charge in [0.25, 0.3) is 0 Å². The van der Waals surface area contributed by atoms with Crippen molar-refractivity contribution in [3.05, 3.63) is 71.8 Å². The fourth-order valence-corrected chi connectivity index (χ4v) is 3.66. The van der Waals surface area contributed by atoms with E-state index in [2.05, 4.69) is 24.9 Å². The van der Waals surface area contributed by atoms with Crippen LogP contribution in [0.1, 0.15) is 17.0 Å². The van der Waals surface area contributed by atoms with Crippen LogP contribution in [0.4, 0.5) is 39.5 Å². The molecule has 208 valence electrons. The van der Waals surface area contributed by atoms with Gasteiger partial charge in [-0.05, 0) is 35.4 Å². The molecule has 7 nitrogen and oxygen atoms in total. The van der Waals surface area contributed by atoms with E-state index in [4.69, 9.17) is 0 Å². The molecule has 2 aromatic carbocycles. The summed E-state index contributed by atoms with van der Waals surface area (Å²) in [4.78, 5) is 4.00. The number of nitrogens with zero attached hydrogens (tertiary/aromatic N) is 3. The molecule has 0 saturated carbocycles. The number of aliphatic hydroxyl groups is 1. The van der Waals surface area contributed by atoms with Crippen LogP contribution in [0.5, 0.6) is 11.5 Å². The van der Waals surface area contributed by atoms with Crippen LogP contribution in [0.2, 0.25) is 0 Å². The van der Waals surface area contributed by atoms with Gasteiger partial charge in [-0.25, -0.2) is 4.98 Å². The van der Waals surface area contributed by atoms with E-state index in [0.717, 1.165) is 42.7 Å². The summed E-state index contributed by atoms with van der Waals surface area (Å²) in [6.07, 6.45) is -17.6. The highest BCUT2D eigenvalue weighted by Gasteiger charge is 2.43. The highest BCUT2D eigenvalue weighted by molar-refractivity contribution is 5.45. The Labute approximate surface area is 208 Å². The molecule has 3 aromatic rings. The third-order valence-electron chi connectivity index (χ3n) is 5.32. The molecule has 3 rings (SSSR count). The lowest BCUT2D eigenvalue weighted by atomic mass is 9.79. The number of aliphatic hydroxyl groups excluding tert-OH is 1. The van der Waals surface area contributed by atoms with Crippen molar-refractivity contribution >= 4 is 0 Å². The predicted molar refractivity (Wildman–Crippen MR) is 112 cm³/mol. The second-order valence-electron chi connectivity index (χ2n) is 7.97. The third kappa shape index (κ3) is 7.50. The number of halogens is 9. The zero-order valence-corrected chi connectivity index (χ0v) is 19.2. The molecule has 38 heavy (non-hydrogen) atoms. The van der Waals surface area contributed by atoms with E-state index in [1.165, 1.54) is 23.9 Å². The Morgan fingerprint density at radius 1 is 0.868 bits per heavy atom. The van der Waals surface area contributed by atoms with Gasteiger partial charge in [0.1, 0.15) is 23.7 Å². The van der Waals surface area contributed by atoms with Gasteiger partial charge in [-0.15, -0.1) is 26.3 Å². The minimum absolute atomic E-state index is 0.0864. The van der Waals surface area contributed by atoms with E-state index in [0.29, 0.717) is 0 Å². The molecular formula is C22H19F9N4O3. The molecule has 0 bridgehead atoms. The van der Waals surface area contributed by atoms with Gasteiger partial charge < -0.3 is 19.9 Å². The number of nitrogens with one attached hydrogen (secondary N) is 1. The monoisotopic (exact) mass is 558 g/mol. The van der Waals surface area contributed by atoms with E-state index < -0.39 is 55.0 Å². The SMILES string of the molecule is Cn1ncnc1CC(NCC(O)C(F)(F)F)(c1cccc(OC(F)(F)F)c1)c1cccc(OC(F)(F)F)c1. The topological polar surface area (TPSA) is 81.4 Å². The van der Waals surface area contributed by atoms with Gasteiger partial charge in [0.2, 0.25) is 0 Å². The number of aromatic nitrogens is 3. The lowest BCUT2D eigenvalue weighted by molar-refractivity contribution is -0.275. The molecule has 0 aliphatic rings. The molecule has 1 heterocycles. The molecule has 1 unspecified atom stereocenters. The largest absolute Gasteiger partial charge is 0.573 e. The zero-order chi connectivity index (χ0) is 28.4. The quantitative estimate of drug-likeness (QED) is 0.374. The zero-order valence-electron chi connectivity index (χ0n) is 19.2. The summed E-state index contributed by atoms with van der Waals surface area (Å²) in [5.74, 6) is -1.42. The van der Waals surface area contributed by atoms with Gasteiger partial charge in [0.05, 0.1) is 5.54 Å². The maximum atomic E-state index is 13.2. The van der Waals surface area contributed by atoms with Crippen LogP contribution in [-0.4, -0.2) is 51.4 Å². The summed E-state index contributed by atoms with van der Waals surface area (Å²) in [5.41, 5.74) is -2.30. The fourth-order valence-electron chi connectivity index (χ4n) is 3.66. The smallest absolute Gasteiger partial charge is 0.406 e. The van der Waals surface area contributed by atoms with Gasteiger partial charge in [-0.2, -0.15) is 18.3 Å². The van der Waals surface area contributed by atoms with Gasteiger partial charge in [0, 0.05) is 20.0 Å². The van der Waals surface area contributed by atoms with E-state index in [-0.39, 0.29) is 17.0 Å². The number of ether oxygens (including phenoxy) is 2. The Balaban J connectivity index is 2.24. The normalized spacial score (nSPS) is 13.9. The molecule has 0 spiro atoms. The van der Waals surface area contributed by atoms with Crippen molar-refractivity contribution in [3.8, 4) is 11.5 Å². The van der Waals surface area contributed by atoms with Crippen molar-refractivity contribution in [2.75, 3.05) is 6.54 Å². The predicted octanol–water partition coefficient (Wildman–Crippen LogP) is 4.61. The average molecular weight is 558 g/mol. The Morgan fingerprint density at radius 2 is 1.37 bits per heavy atom. The Hall–Kier alpha value is -3.53. The second kappa shape index (κ2) is 10.7. The molecule has 1 atom stereocenters. The van der Waals surface area contributed by atoms with Gasteiger partial charge >= 0.3 is 18.9 Å². The number of rotatable bonds is 9. The van der Waals surface area contributed by atoms with E-state index in [1.54, 1.807) is 0 Å². The number of benzene rings is 2. The average Bonchev–Trinajstić information content (AvgIpc) is 3.18. The van der Waals surface area contributed by atoms with Crippen molar-refractivity contribution in [1.29, 1.82) is 0 Å². The molecule has 0 aliphatic carbocycles. The van der Waals surface area contributed by atoms with E-state index in [9.17, 15) is 44.6 Å². The molecule has 0 aliphatic heterocycles. The molecular weight excluding hydrogens is 539 g/mol. The van der Waals surface area contributed by atoms with Crippen molar-refractivity contribution in [2.24, 2.45) is 7.05 Å². The van der Waals surface area contributed by atoms with Crippen LogP contribution >= 0.6 is 0 Å². The standard InChI is InChI=1S/C22H19F9N4O3/c1-35-18(32-12-34-35)10-19(33-11-17(36)20(23,24)25,13-4-2-6-15(8-13)37-21(26,27)28)14-5-3-7-16(9-14)38-22(29,30)31/h2-9,12,17,33,36H,10-11H2,1H3. The molecule has 0 radical (unpaired) electrons. The third-order valence-corrected chi connectivity index (χ3v) is 5.32. The molecule has 2 N–H and O–H groups in total. The van der Waals surface area contributed by atoms with E-state index in [1.807, 2.05) is 0 Å². The Kier molecular flexibility index (Phi) is 8.16. The summed E-state index contributed by atoms with van der Waals surface area (Å²) >= 11 is 0. The van der Waals surface area contributed by atoms with Crippen molar-refractivity contribution in [3.63, 3.8) is 0 Å². The summed E-state index contributed by atoms with van der Waals surface area (Å²) in [6, 6.07) is 8.24. The number of aryl methyl sites for hydroxylation is 1. The highest BCUT2D eigenvalue weighted by atomic mass is 19.4. The van der Waals surface area contributed by atoms with Crippen molar-refractivity contribution in [1.82, 2.24) is 20.1 Å². The summed E-state index contributed by atoms with van der Waals surface area (Å²) in [6.45, 7) is -1.20. The van der Waals surface area contributed by atoms with Crippen LogP contribution in [0.15, 0.2) is 54.9 Å². The summed E-state index contributed by atoms with van der Waals surface area (Å²) < 4.78 is 126. The first kappa shape index (κ1) is 29.0. The first-order valence-electron chi connectivity index (χ1n) is 10.5. The number of hydrogen-bond donors (Lipinski definition) is 2. The Bertz CT molecular complexity index is 1170. The minimum Gasteiger partial charge on any atom is -0.406 e. The molecule has 16 heteroatoms. The lowest BCUT2D eigenvalue weighted by Crippen LogP contribution is -2.51. The molecule has 0 saturated heterocycles. The van der Waals surface area contributed by atoms with Crippen LogP contribution in [0, 0.1) is 0 Å². The van der Waals surface area contributed by atoms with Crippen LogP contribution in [0.25, 0.3) is 0 Å². The van der Waals surface area contributed by atoms with Gasteiger partial charge in [0.15, 0.2) is 6.10 Å². The summed E-state index contributed by atoms with van der Waals surface area (Å²) in [7, 11) is 1.42. The fraction of sp³-hybridized carbons (Fsp3) is 0.364. The summed E-state index contributed by atoms with van der Waals surface area (Å²) in [5, 5.41) is 16.0.